The molecule has 2 aromatic rings. The predicted octanol–water partition coefficient (Wildman–Crippen LogP) is 5.60. The van der Waals surface area contributed by atoms with Gasteiger partial charge in [0.2, 0.25) is 21.5 Å². The number of nitro groups is 2. The van der Waals surface area contributed by atoms with Crippen LogP contribution in [0.2, 0.25) is 15.7 Å². The zero-order valence-corrected chi connectivity index (χ0v) is 22.6. The fourth-order valence-corrected chi connectivity index (χ4v) is 1.93. The van der Waals surface area contributed by atoms with Gasteiger partial charge in [0, 0.05) is 6.54 Å². The van der Waals surface area contributed by atoms with E-state index in [1.54, 1.807) is 0 Å². The van der Waals surface area contributed by atoms with Gasteiger partial charge in [-0.2, -0.15) is 9.97 Å². The molecule has 0 unspecified atom stereocenters. The number of hydrogen-bond acceptors (Lipinski definition) is 10. The third-order valence-electron chi connectivity index (χ3n) is 3.23. The number of anilines is 1. The number of nitrogens with zero attached hydrogens (tertiary/aromatic N) is 6. The average molecular weight is 562 g/mol. The molecule has 2 heterocycles. The molecule has 2 rings (SSSR count). The molecule has 0 saturated carbocycles. The monoisotopic (exact) mass is 560 g/mol. The quantitative estimate of drug-likeness (QED) is 0.206. The van der Waals surface area contributed by atoms with Crippen molar-refractivity contribution in [2.45, 2.75) is 41.5 Å². The fourth-order valence-electron chi connectivity index (χ4n) is 1.42. The van der Waals surface area contributed by atoms with Crippen molar-refractivity contribution in [2.75, 3.05) is 18.4 Å². The number of halogens is 4. The number of nitrogens with two attached hydrogens (primary N) is 1. The smallest absolute Gasteiger partial charge is 0.329 e. The van der Waals surface area contributed by atoms with Crippen molar-refractivity contribution in [1.82, 2.24) is 19.9 Å². The third-order valence-corrected chi connectivity index (χ3v) is 3.87. The molecule has 0 fully saturated rings. The maximum absolute atomic E-state index is 10.7. The molecule has 16 heteroatoms. The lowest BCUT2D eigenvalue weighted by molar-refractivity contribution is -0.385. The highest BCUT2D eigenvalue weighted by molar-refractivity contribution is 6.33. The van der Waals surface area contributed by atoms with Gasteiger partial charge in [-0.25, -0.2) is 9.97 Å². The average Bonchev–Trinajstić information content (AvgIpc) is 2.65. The highest BCUT2D eigenvalue weighted by Gasteiger charge is 2.19. The summed E-state index contributed by atoms with van der Waals surface area (Å²) in [6.45, 7) is 13.7. The molecule has 3 N–H and O–H groups in total. The Kier molecular flexibility index (Phi) is 15.0. The molecule has 0 radical (unpaired) electrons. The molecule has 0 amide bonds. The van der Waals surface area contributed by atoms with E-state index in [0.717, 1.165) is 18.9 Å². The van der Waals surface area contributed by atoms with E-state index >= 15 is 0 Å². The molecule has 0 bridgehead atoms. The van der Waals surface area contributed by atoms with Crippen LogP contribution in [0, 0.1) is 31.1 Å². The first kappa shape index (κ1) is 34.0. The molecule has 0 aromatic carbocycles. The Morgan fingerprint density at radius 1 is 0.882 bits per heavy atom. The number of rotatable bonds is 4. The second-order valence-electron chi connectivity index (χ2n) is 8.88. The molecule has 12 nitrogen and oxygen atoms in total. The Balaban J connectivity index is 0. The van der Waals surface area contributed by atoms with Crippen molar-refractivity contribution in [2.24, 2.45) is 16.6 Å². The van der Waals surface area contributed by atoms with E-state index in [0.29, 0.717) is 12.0 Å². The van der Waals surface area contributed by atoms with Crippen LogP contribution < -0.4 is 11.1 Å². The van der Waals surface area contributed by atoms with E-state index in [-0.39, 0.29) is 50.7 Å². The van der Waals surface area contributed by atoms with Gasteiger partial charge in [-0.15, -0.1) is 12.4 Å². The van der Waals surface area contributed by atoms with Gasteiger partial charge in [-0.05, 0) is 40.6 Å². The molecular formula is C18H28Cl4N8O4. The van der Waals surface area contributed by atoms with Crippen molar-refractivity contribution in [3.63, 3.8) is 0 Å². The van der Waals surface area contributed by atoms with E-state index in [2.05, 4.69) is 46.0 Å². The van der Waals surface area contributed by atoms with Crippen LogP contribution in [0.15, 0.2) is 12.4 Å². The molecule has 0 atom stereocenters. The van der Waals surface area contributed by atoms with Gasteiger partial charge in [0.1, 0.15) is 12.4 Å². The predicted molar refractivity (Wildman–Crippen MR) is 136 cm³/mol. The SMILES string of the molecule is CC(C)(C)CN.CC(C)(C)CNc1nc(Cl)ncc1[N+](=O)[O-].Cl.O=[N+]([O-])c1cnc(Cl)nc1Cl. The summed E-state index contributed by atoms with van der Waals surface area (Å²) in [5.41, 5.74) is 5.09. The molecular weight excluding hydrogens is 534 g/mol. The lowest BCUT2D eigenvalue weighted by Gasteiger charge is -2.18. The molecule has 0 saturated heterocycles. The van der Waals surface area contributed by atoms with Crippen LogP contribution in [0.5, 0.6) is 0 Å². The van der Waals surface area contributed by atoms with Gasteiger partial charge in [0.05, 0.1) is 9.85 Å². The van der Waals surface area contributed by atoms with Crippen molar-refractivity contribution in [3.05, 3.63) is 48.3 Å². The molecule has 0 aliphatic rings. The Hall–Kier alpha value is -2.12. The van der Waals surface area contributed by atoms with Crippen LogP contribution in [0.3, 0.4) is 0 Å². The van der Waals surface area contributed by atoms with E-state index in [4.69, 9.17) is 40.5 Å². The van der Waals surface area contributed by atoms with Crippen LogP contribution >= 0.6 is 47.2 Å². The van der Waals surface area contributed by atoms with Gasteiger partial charge in [-0.3, -0.25) is 20.2 Å². The normalized spacial score (nSPS) is 10.5. The summed E-state index contributed by atoms with van der Waals surface area (Å²) < 4.78 is 0. The lowest BCUT2D eigenvalue weighted by Crippen LogP contribution is -2.20. The summed E-state index contributed by atoms with van der Waals surface area (Å²) >= 11 is 16.2. The summed E-state index contributed by atoms with van der Waals surface area (Å²) in [7, 11) is 0. The summed E-state index contributed by atoms with van der Waals surface area (Å²) in [6, 6.07) is 0. The second-order valence-corrected chi connectivity index (χ2v) is 9.92. The lowest BCUT2D eigenvalue weighted by atomic mass is 9.97. The maximum Gasteiger partial charge on any atom is 0.329 e. The summed E-state index contributed by atoms with van der Waals surface area (Å²) in [5, 5.41) is 23.4. The van der Waals surface area contributed by atoms with Gasteiger partial charge >= 0.3 is 11.4 Å². The van der Waals surface area contributed by atoms with Crippen molar-refractivity contribution >= 4 is 64.4 Å². The van der Waals surface area contributed by atoms with Crippen molar-refractivity contribution < 1.29 is 9.85 Å². The third kappa shape index (κ3) is 14.9. The Morgan fingerprint density at radius 3 is 1.65 bits per heavy atom. The van der Waals surface area contributed by atoms with Crippen molar-refractivity contribution in [1.29, 1.82) is 0 Å². The van der Waals surface area contributed by atoms with E-state index in [1.165, 1.54) is 0 Å². The fraction of sp³-hybridized carbons (Fsp3) is 0.556. The first-order valence-electron chi connectivity index (χ1n) is 9.40. The first-order chi connectivity index (χ1) is 15.0. The zero-order chi connectivity index (χ0) is 26.0. The van der Waals surface area contributed by atoms with Crippen LogP contribution in [-0.4, -0.2) is 42.9 Å². The molecule has 192 valence electrons. The number of hydrogen-bond donors (Lipinski definition) is 2. The first-order valence-corrected chi connectivity index (χ1v) is 10.5. The Morgan fingerprint density at radius 2 is 1.29 bits per heavy atom. The largest absolute Gasteiger partial charge is 0.364 e. The molecule has 0 spiro atoms. The van der Waals surface area contributed by atoms with Gasteiger partial charge < -0.3 is 11.1 Å². The number of aromatic nitrogens is 4. The maximum atomic E-state index is 10.7. The second kappa shape index (κ2) is 15.0. The Labute approximate surface area is 218 Å². The van der Waals surface area contributed by atoms with Crippen LogP contribution in [-0.2, 0) is 0 Å². The highest BCUT2D eigenvalue weighted by Crippen LogP contribution is 2.24. The minimum absolute atomic E-state index is 0. The standard InChI is InChI=1S/C9H13ClN4O2.C5H13N.C4HCl2N3O2.ClH/c1-9(2,3)5-12-7-6(14(15)16)4-11-8(10)13-7;1-5(2,3)4-6;5-3-2(9(10)11)1-7-4(6)8-3;/h4H,5H2,1-3H3,(H,11,12,13);4,6H2,1-3H3;1H;1H. The molecule has 34 heavy (non-hydrogen) atoms. The number of nitrogens with one attached hydrogen (secondary N) is 1. The van der Waals surface area contributed by atoms with Gasteiger partial charge in [0.25, 0.3) is 0 Å². The van der Waals surface area contributed by atoms with Crippen LogP contribution in [0.4, 0.5) is 17.2 Å². The van der Waals surface area contributed by atoms with E-state index < -0.39 is 9.85 Å². The van der Waals surface area contributed by atoms with E-state index in [1.807, 2.05) is 20.8 Å². The topological polar surface area (TPSA) is 176 Å². The van der Waals surface area contributed by atoms with Crippen LogP contribution in [0.1, 0.15) is 41.5 Å². The summed E-state index contributed by atoms with van der Waals surface area (Å²) in [5.74, 6) is 0.153. The van der Waals surface area contributed by atoms with Gasteiger partial charge in [-0.1, -0.05) is 53.1 Å². The summed E-state index contributed by atoms with van der Waals surface area (Å²) in [6.07, 6.45) is 2.05. The van der Waals surface area contributed by atoms with Crippen LogP contribution in [0.25, 0.3) is 0 Å². The van der Waals surface area contributed by atoms with Gasteiger partial charge in [0.15, 0.2) is 0 Å². The summed E-state index contributed by atoms with van der Waals surface area (Å²) in [4.78, 5) is 33.7. The highest BCUT2D eigenvalue weighted by atomic mass is 35.5. The molecule has 0 aliphatic carbocycles. The van der Waals surface area contributed by atoms with Crippen molar-refractivity contribution in [3.8, 4) is 0 Å². The zero-order valence-electron chi connectivity index (χ0n) is 19.5. The molecule has 2 aromatic heterocycles. The minimum atomic E-state index is -0.682. The Bertz CT molecular complexity index is 953. The molecule has 0 aliphatic heterocycles. The van der Waals surface area contributed by atoms with E-state index in [9.17, 15) is 20.2 Å². The minimum Gasteiger partial charge on any atom is -0.364 e.